The Labute approximate surface area is 327 Å². The van der Waals surface area contributed by atoms with Crippen molar-refractivity contribution in [3.63, 3.8) is 0 Å². The van der Waals surface area contributed by atoms with E-state index in [-0.39, 0.29) is 0 Å². The molecule has 0 aliphatic rings. The number of rotatable bonds is 7. The topological polar surface area (TPSA) is 34.0 Å². The molecule has 0 radical (unpaired) electrons. The molecular formula is C50H33BrN4. The Morgan fingerprint density at radius 1 is 0.455 bits per heavy atom. The first-order valence-corrected chi connectivity index (χ1v) is 19.1. The number of hydrogen-bond acceptors (Lipinski definition) is 3. The van der Waals surface area contributed by atoms with Crippen LogP contribution in [0.2, 0.25) is 0 Å². The summed E-state index contributed by atoms with van der Waals surface area (Å²) in [6, 6.07) is 68.3. The SMILES string of the molecule is Brc1cc(-c2ccc(N(c3cnc(-c4ccccc4)nc3-c3ccccc3)c3cccc4ccccc34)cc2)cc(-n2c3ccccc3c3ccccc32)c1. The third-order valence-electron chi connectivity index (χ3n) is 10.3. The maximum atomic E-state index is 5.26. The van der Waals surface area contributed by atoms with Crippen molar-refractivity contribution < 1.29 is 0 Å². The standard InChI is InChI=1S/C50H33BrN4/c51-39-30-38(31-41(32-39)55-46-23-11-9-21-43(46)44-22-10-12-24-47(44)55)34-26-28-40(29-27-34)54(45-25-13-19-35-14-7-8-20-42(35)45)48-33-52-50(37-17-5-2-6-18-37)53-49(48)36-15-3-1-4-16-36/h1-33H. The molecule has 0 atom stereocenters. The van der Waals surface area contributed by atoms with Gasteiger partial charge >= 0.3 is 0 Å². The highest BCUT2D eigenvalue weighted by Crippen LogP contribution is 2.44. The fourth-order valence-electron chi connectivity index (χ4n) is 7.76. The molecule has 10 aromatic rings. The normalized spacial score (nSPS) is 11.4. The second-order valence-electron chi connectivity index (χ2n) is 13.6. The average Bonchev–Trinajstić information content (AvgIpc) is 3.59. The number of halogens is 1. The molecule has 10 rings (SSSR count). The van der Waals surface area contributed by atoms with Crippen LogP contribution < -0.4 is 4.90 Å². The van der Waals surface area contributed by atoms with Crippen molar-refractivity contribution in [2.75, 3.05) is 4.90 Å². The molecule has 55 heavy (non-hydrogen) atoms. The van der Waals surface area contributed by atoms with E-state index in [0.717, 1.165) is 65.9 Å². The van der Waals surface area contributed by atoms with E-state index in [9.17, 15) is 0 Å². The van der Waals surface area contributed by atoms with Gasteiger partial charge < -0.3 is 9.47 Å². The van der Waals surface area contributed by atoms with Crippen LogP contribution in [0, 0.1) is 0 Å². The lowest BCUT2D eigenvalue weighted by Gasteiger charge is -2.28. The van der Waals surface area contributed by atoms with Gasteiger partial charge in [0.25, 0.3) is 0 Å². The summed E-state index contributed by atoms with van der Waals surface area (Å²) in [6.45, 7) is 0. The Hall–Kier alpha value is -6.82. The molecule has 4 nitrogen and oxygen atoms in total. The summed E-state index contributed by atoms with van der Waals surface area (Å²) in [5, 5.41) is 4.79. The first-order chi connectivity index (χ1) is 27.2. The number of hydrogen-bond donors (Lipinski definition) is 0. The van der Waals surface area contributed by atoms with Crippen LogP contribution in [0.1, 0.15) is 0 Å². The average molecular weight is 770 g/mol. The minimum atomic E-state index is 0.685. The van der Waals surface area contributed by atoms with Gasteiger partial charge in [-0.05, 0) is 65.0 Å². The fourth-order valence-corrected chi connectivity index (χ4v) is 8.24. The van der Waals surface area contributed by atoms with Crippen LogP contribution in [0.25, 0.3) is 72.0 Å². The van der Waals surface area contributed by atoms with E-state index in [1.165, 1.54) is 21.8 Å². The molecule has 0 spiro atoms. The van der Waals surface area contributed by atoms with Gasteiger partial charge in [0, 0.05) is 43.1 Å². The predicted octanol–water partition coefficient (Wildman–Crippen LogP) is 14.0. The van der Waals surface area contributed by atoms with E-state index in [1.807, 2.05) is 30.5 Å². The van der Waals surface area contributed by atoms with Gasteiger partial charge in [0.05, 0.1) is 34.3 Å². The van der Waals surface area contributed by atoms with E-state index < -0.39 is 0 Å². The molecule has 0 amide bonds. The summed E-state index contributed by atoms with van der Waals surface area (Å²) in [4.78, 5) is 12.5. The van der Waals surface area contributed by atoms with Crippen LogP contribution in [0.3, 0.4) is 0 Å². The lowest BCUT2D eigenvalue weighted by molar-refractivity contribution is 1.15. The number of para-hydroxylation sites is 2. The summed E-state index contributed by atoms with van der Waals surface area (Å²) in [5.74, 6) is 0.685. The molecule has 0 aliphatic carbocycles. The third kappa shape index (κ3) is 5.95. The zero-order valence-electron chi connectivity index (χ0n) is 29.7. The maximum absolute atomic E-state index is 5.26. The first kappa shape index (κ1) is 32.8. The molecule has 5 heteroatoms. The molecule has 0 bridgehead atoms. The van der Waals surface area contributed by atoms with Gasteiger partial charge in [-0.2, -0.15) is 0 Å². The van der Waals surface area contributed by atoms with Crippen molar-refractivity contribution in [3.05, 3.63) is 205 Å². The quantitative estimate of drug-likeness (QED) is 0.162. The second kappa shape index (κ2) is 13.9. The van der Waals surface area contributed by atoms with Crippen LogP contribution in [0.4, 0.5) is 17.1 Å². The fraction of sp³-hybridized carbons (Fsp3) is 0. The molecule has 2 heterocycles. The molecule has 0 fully saturated rings. The molecule has 0 saturated carbocycles. The summed E-state index contributed by atoms with van der Waals surface area (Å²) in [7, 11) is 0. The van der Waals surface area contributed by atoms with Crippen LogP contribution in [0.15, 0.2) is 205 Å². The van der Waals surface area contributed by atoms with Crippen LogP contribution in [0.5, 0.6) is 0 Å². The maximum Gasteiger partial charge on any atom is 0.159 e. The Balaban J connectivity index is 1.13. The van der Waals surface area contributed by atoms with E-state index in [0.29, 0.717) is 5.82 Å². The Morgan fingerprint density at radius 2 is 1.05 bits per heavy atom. The minimum Gasteiger partial charge on any atom is -0.309 e. The zero-order valence-corrected chi connectivity index (χ0v) is 31.3. The van der Waals surface area contributed by atoms with E-state index >= 15 is 0 Å². The van der Waals surface area contributed by atoms with E-state index in [2.05, 4.69) is 195 Å². The monoisotopic (exact) mass is 768 g/mol. The van der Waals surface area contributed by atoms with Crippen molar-refractivity contribution in [1.82, 2.24) is 14.5 Å². The molecule has 0 unspecified atom stereocenters. The number of aromatic nitrogens is 3. The van der Waals surface area contributed by atoms with Gasteiger partial charge in [0.2, 0.25) is 0 Å². The van der Waals surface area contributed by atoms with Gasteiger partial charge in [-0.25, -0.2) is 9.97 Å². The zero-order chi connectivity index (χ0) is 36.7. The lowest BCUT2D eigenvalue weighted by atomic mass is 10.0. The van der Waals surface area contributed by atoms with Gasteiger partial charge in [-0.1, -0.05) is 162 Å². The van der Waals surface area contributed by atoms with Crippen molar-refractivity contribution in [2.24, 2.45) is 0 Å². The van der Waals surface area contributed by atoms with Crippen molar-refractivity contribution in [3.8, 4) is 39.5 Å². The molecule has 2 aromatic heterocycles. The summed E-state index contributed by atoms with van der Waals surface area (Å²) >= 11 is 3.86. The Morgan fingerprint density at radius 3 is 1.76 bits per heavy atom. The van der Waals surface area contributed by atoms with Gasteiger partial charge in [-0.15, -0.1) is 0 Å². The molecule has 8 aromatic carbocycles. The number of benzene rings is 8. The van der Waals surface area contributed by atoms with Crippen molar-refractivity contribution in [2.45, 2.75) is 0 Å². The van der Waals surface area contributed by atoms with Crippen molar-refractivity contribution >= 4 is 65.6 Å². The highest BCUT2D eigenvalue weighted by Gasteiger charge is 2.22. The number of fused-ring (bicyclic) bond motifs is 4. The minimum absolute atomic E-state index is 0.685. The number of nitrogens with zero attached hydrogens (tertiary/aromatic N) is 4. The van der Waals surface area contributed by atoms with Crippen LogP contribution in [-0.4, -0.2) is 14.5 Å². The van der Waals surface area contributed by atoms with E-state index in [1.54, 1.807) is 0 Å². The summed E-state index contributed by atoms with van der Waals surface area (Å²) < 4.78 is 3.38. The molecule has 0 N–H and O–H groups in total. The third-order valence-corrected chi connectivity index (χ3v) is 10.7. The van der Waals surface area contributed by atoms with Gasteiger partial charge in [0.15, 0.2) is 5.82 Å². The number of anilines is 3. The Kier molecular flexibility index (Phi) is 8.27. The van der Waals surface area contributed by atoms with Crippen molar-refractivity contribution in [1.29, 1.82) is 0 Å². The Bertz CT molecular complexity index is 2930. The smallest absolute Gasteiger partial charge is 0.159 e. The predicted molar refractivity (Wildman–Crippen MR) is 233 cm³/mol. The highest BCUT2D eigenvalue weighted by molar-refractivity contribution is 9.10. The summed E-state index contributed by atoms with van der Waals surface area (Å²) in [6.07, 6.45) is 1.97. The second-order valence-corrected chi connectivity index (χ2v) is 14.5. The molecular weight excluding hydrogens is 736 g/mol. The van der Waals surface area contributed by atoms with Crippen LogP contribution >= 0.6 is 15.9 Å². The first-order valence-electron chi connectivity index (χ1n) is 18.3. The van der Waals surface area contributed by atoms with Gasteiger partial charge in [-0.3, -0.25) is 0 Å². The largest absolute Gasteiger partial charge is 0.309 e. The van der Waals surface area contributed by atoms with Gasteiger partial charge in [0.1, 0.15) is 0 Å². The molecule has 260 valence electrons. The summed E-state index contributed by atoms with van der Waals surface area (Å²) in [5.41, 5.74) is 11.5. The highest BCUT2D eigenvalue weighted by atomic mass is 79.9. The lowest BCUT2D eigenvalue weighted by Crippen LogP contribution is -2.13. The molecule has 0 aliphatic heterocycles. The van der Waals surface area contributed by atoms with E-state index in [4.69, 9.17) is 9.97 Å². The van der Waals surface area contributed by atoms with Crippen LogP contribution in [-0.2, 0) is 0 Å². The molecule has 0 saturated heterocycles.